The van der Waals surface area contributed by atoms with Gasteiger partial charge in [-0.15, -0.1) is 11.6 Å². The third kappa shape index (κ3) is 3.79. The highest BCUT2D eigenvalue weighted by Gasteiger charge is 2.20. The summed E-state index contributed by atoms with van der Waals surface area (Å²) in [4.78, 5) is 20.4. The van der Waals surface area contributed by atoms with Gasteiger partial charge in [0.05, 0.1) is 0 Å². The van der Waals surface area contributed by atoms with Crippen molar-refractivity contribution in [1.82, 2.24) is 0 Å². The lowest BCUT2D eigenvalue weighted by Gasteiger charge is -2.07. The minimum atomic E-state index is -1.20. The lowest BCUT2D eigenvalue weighted by molar-refractivity contribution is -0.138. The molecule has 0 heterocycles. The van der Waals surface area contributed by atoms with Gasteiger partial charge in [-0.05, 0) is 6.42 Å². The van der Waals surface area contributed by atoms with Crippen LogP contribution in [0.4, 0.5) is 0 Å². The maximum absolute atomic E-state index is 10.3. The number of carbonyl (C=O) groups excluding carboxylic acids is 1. The molecule has 0 radical (unpaired) electrons. The number of amides is 1. The summed E-state index contributed by atoms with van der Waals surface area (Å²) in [5.74, 6) is -1.96. The summed E-state index contributed by atoms with van der Waals surface area (Å²) in [5, 5.41) is 7.26. The molecule has 0 saturated carbocycles. The van der Waals surface area contributed by atoms with Gasteiger partial charge in [0.1, 0.15) is 11.4 Å². The molecule has 0 aromatic rings. The summed E-state index contributed by atoms with van der Waals surface area (Å²) in [5.41, 5.74) is 9.83. The smallest absolute Gasteiger partial charge is 0.320 e. The fourth-order valence-electron chi connectivity index (χ4n) is 0.440. The molecule has 6 heteroatoms. The van der Waals surface area contributed by atoms with Gasteiger partial charge in [-0.25, -0.2) is 0 Å². The van der Waals surface area contributed by atoms with E-state index in [1.807, 2.05) is 0 Å². The summed E-state index contributed by atoms with van der Waals surface area (Å²) < 4.78 is 0. The van der Waals surface area contributed by atoms with Crippen molar-refractivity contribution in [2.75, 3.05) is 0 Å². The van der Waals surface area contributed by atoms with Gasteiger partial charge in [0, 0.05) is 0 Å². The molecule has 0 rings (SSSR count). The van der Waals surface area contributed by atoms with Crippen LogP contribution in [0.2, 0.25) is 0 Å². The first kappa shape index (κ1) is 10.2. The number of rotatable bonds is 4. The molecule has 0 aliphatic heterocycles. The number of primary amides is 1. The van der Waals surface area contributed by atoms with Gasteiger partial charge < -0.3 is 16.6 Å². The van der Waals surface area contributed by atoms with Crippen molar-refractivity contribution >= 4 is 23.5 Å². The molecule has 1 unspecified atom stereocenters. The number of alkyl halides is 1. The number of carboxylic acids is 1. The van der Waals surface area contributed by atoms with Gasteiger partial charge in [-0.2, -0.15) is 0 Å². The molecule has 5 N–H and O–H groups in total. The average Bonchev–Trinajstić information content (AvgIpc) is 1.87. The van der Waals surface area contributed by atoms with Crippen molar-refractivity contribution in [2.45, 2.75) is 17.8 Å². The SMILES string of the molecule is NC(=O)C(Cl)C[C@H](N)C(=O)O. The van der Waals surface area contributed by atoms with Crippen molar-refractivity contribution in [3.05, 3.63) is 0 Å². The minimum absolute atomic E-state index is 0.147. The van der Waals surface area contributed by atoms with Crippen LogP contribution in [-0.2, 0) is 9.59 Å². The van der Waals surface area contributed by atoms with Gasteiger partial charge in [-0.1, -0.05) is 0 Å². The van der Waals surface area contributed by atoms with Crippen molar-refractivity contribution in [3.63, 3.8) is 0 Å². The third-order valence-electron chi connectivity index (χ3n) is 1.09. The van der Waals surface area contributed by atoms with Crippen LogP contribution < -0.4 is 11.5 Å². The Morgan fingerprint density at radius 1 is 1.55 bits per heavy atom. The molecule has 0 aromatic carbocycles. The molecule has 0 aliphatic carbocycles. The summed E-state index contributed by atoms with van der Waals surface area (Å²) in [6.45, 7) is 0. The van der Waals surface area contributed by atoms with Gasteiger partial charge in [-0.3, -0.25) is 9.59 Å². The highest BCUT2D eigenvalue weighted by Crippen LogP contribution is 2.03. The fourth-order valence-corrected chi connectivity index (χ4v) is 0.632. The Hall–Kier alpha value is -0.810. The summed E-state index contributed by atoms with van der Waals surface area (Å²) in [6, 6.07) is -1.13. The number of hydrogen-bond acceptors (Lipinski definition) is 3. The third-order valence-corrected chi connectivity index (χ3v) is 1.48. The van der Waals surface area contributed by atoms with Crippen LogP contribution >= 0.6 is 11.6 Å². The Morgan fingerprint density at radius 3 is 2.27 bits per heavy atom. The second kappa shape index (κ2) is 4.15. The van der Waals surface area contributed by atoms with Crippen LogP contribution in [0.3, 0.4) is 0 Å². The number of aliphatic carboxylic acids is 1. The molecule has 0 aromatic heterocycles. The molecule has 0 bridgehead atoms. The molecule has 5 nitrogen and oxygen atoms in total. The predicted molar refractivity (Wildman–Crippen MR) is 39.1 cm³/mol. The van der Waals surface area contributed by atoms with E-state index in [0.29, 0.717) is 0 Å². The van der Waals surface area contributed by atoms with Crippen LogP contribution in [0.15, 0.2) is 0 Å². The number of carbonyl (C=O) groups is 2. The van der Waals surface area contributed by atoms with Crippen LogP contribution in [0, 0.1) is 0 Å². The first-order valence-electron chi connectivity index (χ1n) is 2.87. The Kier molecular flexibility index (Phi) is 3.84. The molecular weight excluding hydrogens is 172 g/mol. The van der Waals surface area contributed by atoms with Crippen LogP contribution in [0.1, 0.15) is 6.42 Å². The first-order chi connectivity index (χ1) is 4.95. The summed E-state index contributed by atoms with van der Waals surface area (Å²) in [7, 11) is 0. The Bertz CT molecular complexity index is 155. The zero-order valence-corrected chi connectivity index (χ0v) is 6.41. The molecule has 0 spiro atoms. The summed E-state index contributed by atoms with van der Waals surface area (Å²) >= 11 is 5.34. The molecule has 0 aliphatic rings. The van der Waals surface area contributed by atoms with E-state index in [1.165, 1.54) is 0 Å². The van der Waals surface area contributed by atoms with E-state index >= 15 is 0 Å². The number of hydrogen-bond donors (Lipinski definition) is 3. The quantitative estimate of drug-likeness (QED) is 0.477. The van der Waals surface area contributed by atoms with Gasteiger partial charge in [0.25, 0.3) is 0 Å². The molecule has 2 atom stereocenters. The molecule has 0 saturated heterocycles. The number of carboxylic acid groups (broad SMARTS) is 1. The fraction of sp³-hybridized carbons (Fsp3) is 0.600. The van der Waals surface area contributed by atoms with Crippen molar-refractivity contribution < 1.29 is 14.7 Å². The van der Waals surface area contributed by atoms with Crippen LogP contribution in [0.5, 0.6) is 0 Å². The Morgan fingerprint density at radius 2 is 2.00 bits per heavy atom. The first-order valence-corrected chi connectivity index (χ1v) is 3.30. The molecule has 11 heavy (non-hydrogen) atoms. The van der Waals surface area contributed by atoms with E-state index in [2.05, 4.69) is 0 Å². The zero-order valence-electron chi connectivity index (χ0n) is 5.66. The van der Waals surface area contributed by atoms with Crippen molar-refractivity contribution in [3.8, 4) is 0 Å². The lowest BCUT2D eigenvalue weighted by Crippen LogP contribution is -2.36. The Balaban J connectivity index is 3.84. The van der Waals surface area contributed by atoms with E-state index in [4.69, 9.17) is 28.2 Å². The topological polar surface area (TPSA) is 106 Å². The van der Waals surface area contributed by atoms with Crippen LogP contribution in [-0.4, -0.2) is 28.4 Å². The van der Waals surface area contributed by atoms with Gasteiger partial charge in [0.2, 0.25) is 5.91 Å². The largest absolute Gasteiger partial charge is 0.480 e. The normalized spacial score (nSPS) is 15.5. The number of halogens is 1. The highest BCUT2D eigenvalue weighted by molar-refractivity contribution is 6.30. The van der Waals surface area contributed by atoms with E-state index in [0.717, 1.165) is 0 Å². The number of nitrogens with two attached hydrogens (primary N) is 2. The average molecular weight is 181 g/mol. The molecular formula is C5H9ClN2O3. The lowest BCUT2D eigenvalue weighted by atomic mass is 10.1. The van der Waals surface area contributed by atoms with E-state index in [1.54, 1.807) is 0 Å². The summed E-state index contributed by atoms with van der Waals surface area (Å²) in [6.07, 6.45) is -0.147. The van der Waals surface area contributed by atoms with E-state index in [-0.39, 0.29) is 6.42 Å². The zero-order chi connectivity index (χ0) is 9.02. The van der Waals surface area contributed by atoms with Crippen LogP contribution in [0.25, 0.3) is 0 Å². The Labute approximate surface area is 68.3 Å². The van der Waals surface area contributed by atoms with Crippen molar-refractivity contribution in [2.24, 2.45) is 11.5 Å². The standard InChI is InChI=1S/C5H9ClN2O3/c6-2(4(8)9)1-3(7)5(10)11/h2-3H,1,7H2,(H2,8,9)(H,10,11)/t2?,3-/m0/s1. The maximum atomic E-state index is 10.3. The highest BCUT2D eigenvalue weighted by atomic mass is 35.5. The maximum Gasteiger partial charge on any atom is 0.320 e. The minimum Gasteiger partial charge on any atom is -0.480 e. The molecule has 1 amide bonds. The van der Waals surface area contributed by atoms with E-state index < -0.39 is 23.3 Å². The van der Waals surface area contributed by atoms with Gasteiger partial charge >= 0.3 is 5.97 Å². The molecule has 0 fully saturated rings. The monoisotopic (exact) mass is 180 g/mol. The second-order valence-electron chi connectivity index (χ2n) is 2.05. The van der Waals surface area contributed by atoms with Crippen molar-refractivity contribution in [1.29, 1.82) is 0 Å². The van der Waals surface area contributed by atoms with E-state index in [9.17, 15) is 9.59 Å². The second-order valence-corrected chi connectivity index (χ2v) is 2.58. The van der Waals surface area contributed by atoms with Gasteiger partial charge in [0.15, 0.2) is 0 Å². The predicted octanol–water partition coefficient (Wildman–Crippen LogP) is -1.12. The molecule has 64 valence electrons.